The van der Waals surface area contributed by atoms with E-state index in [0.717, 1.165) is 38.3 Å². The van der Waals surface area contributed by atoms with Crippen LogP contribution < -0.4 is 0 Å². The van der Waals surface area contributed by atoms with Gasteiger partial charge >= 0.3 is 0 Å². The second-order valence-corrected chi connectivity index (χ2v) is 4.64. The number of likely N-dealkylation sites (N-methyl/N-ethyl adjacent to an activating group) is 1. The maximum Gasteiger partial charge on any atom is 0.246 e. The average Bonchev–Trinajstić information content (AvgIpc) is 2.46. The predicted octanol–water partition coefficient (Wildman–Crippen LogP) is 2.00. The fraction of sp³-hybridized carbons (Fsp3) is 0.400. The van der Waals surface area contributed by atoms with Crippen LogP contribution in [0.4, 0.5) is 4.39 Å². The molecular formula is C15H19FN2O. The third-order valence-corrected chi connectivity index (χ3v) is 3.42. The highest BCUT2D eigenvalue weighted by molar-refractivity contribution is 5.91. The Balaban J connectivity index is 1.89. The van der Waals surface area contributed by atoms with Crippen molar-refractivity contribution in [3.05, 3.63) is 41.7 Å². The van der Waals surface area contributed by atoms with Crippen molar-refractivity contribution >= 4 is 12.0 Å². The molecule has 0 radical (unpaired) electrons. The SMILES string of the molecule is CCN1CCN(C(=O)/C=C/c2ccc(F)cc2)CC1. The molecule has 1 aromatic carbocycles. The number of rotatable bonds is 3. The zero-order valence-corrected chi connectivity index (χ0v) is 11.2. The van der Waals surface area contributed by atoms with Crippen molar-refractivity contribution in [2.24, 2.45) is 0 Å². The normalized spacial score (nSPS) is 17.1. The largest absolute Gasteiger partial charge is 0.337 e. The molecule has 0 atom stereocenters. The fourth-order valence-electron chi connectivity index (χ4n) is 2.13. The van der Waals surface area contributed by atoms with E-state index in [2.05, 4.69) is 11.8 Å². The van der Waals surface area contributed by atoms with Crippen molar-refractivity contribution in [1.82, 2.24) is 9.80 Å². The van der Waals surface area contributed by atoms with Gasteiger partial charge in [-0.15, -0.1) is 0 Å². The van der Waals surface area contributed by atoms with Crippen molar-refractivity contribution in [2.45, 2.75) is 6.92 Å². The molecule has 1 heterocycles. The van der Waals surface area contributed by atoms with Crippen molar-refractivity contribution in [1.29, 1.82) is 0 Å². The number of benzene rings is 1. The second kappa shape index (κ2) is 6.48. The van der Waals surface area contributed by atoms with Crippen LogP contribution in [0, 0.1) is 5.82 Å². The first kappa shape index (κ1) is 13.7. The topological polar surface area (TPSA) is 23.6 Å². The first-order valence-electron chi connectivity index (χ1n) is 6.64. The van der Waals surface area contributed by atoms with Crippen molar-refractivity contribution in [2.75, 3.05) is 32.7 Å². The summed E-state index contributed by atoms with van der Waals surface area (Å²) in [6, 6.07) is 6.11. The van der Waals surface area contributed by atoms with Gasteiger partial charge in [0.2, 0.25) is 5.91 Å². The van der Waals surface area contributed by atoms with E-state index in [1.165, 1.54) is 12.1 Å². The average molecular weight is 262 g/mol. The molecule has 1 aliphatic rings. The van der Waals surface area contributed by atoms with Crippen LogP contribution in [0.2, 0.25) is 0 Å². The van der Waals surface area contributed by atoms with Crippen LogP contribution in [-0.2, 0) is 4.79 Å². The van der Waals surface area contributed by atoms with Gasteiger partial charge in [-0.3, -0.25) is 4.79 Å². The van der Waals surface area contributed by atoms with Crippen LogP contribution in [-0.4, -0.2) is 48.4 Å². The summed E-state index contributed by atoms with van der Waals surface area (Å²) in [6.45, 7) is 6.60. The molecular weight excluding hydrogens is 243 g/mol. The fourth-order valence-corrected chi connectivity index (χ4v) is 2.13. The zero-order valence-electron chi connectivity index (χ0n) is 11.2. The molecule has 1 amide bonds. The molecule has 0 aliphatic carbocycles. The van der Waals surface area contributed by atoms with Gasteiger partial charge in [0.1, 0.15) is 5.82 Å². The molecule has 1 saturated heterocycles. The number of halogens is 1. The van der Waals surface area contributed by atoms with Crippen LogP contribution in [0.25, 0.3) is 6.08 Å². The molecule has 4 heteroatoms. The molecule has 0 aromatic heterocycles. The van der Waals surface area contributed by atoms with Crippen molar-refractivity contribution in [3.8, 4) is 0 Å². The van der Waals surface area contributed by atoms with Gasteiger partial charge in [-0.05, 0) is 30.3 Å². The lowest BCUT2D eigenvalue weighted by Gasteiger charge is -2.33. The minimum atomic E-state index is -0.265. The summed E-state index contributed by atoms with van der Waals surface area (Å²) in [5.41, 5.74) is 0.835. The van der Waals surface area contributed by atoms with E-state index in [4.69, 9.17) is 0 Å². The summed E-state index contributed by atoms with van der Waals surface area (Å²) in [7, 11) is 0. The molecule has 1 aromatic rings. The summed E-state index contributed by atoms with van der Waals surface area (Å²) < 4.78 is 12.7. The Hall–Kier alpha value is -1.68. The van der Waals surface area contributed by atoms with Crippen LogP contribution in [0.15, 0.2) is 30.3 Å². The van der Waals surface area contributed by atoms with Gasteiger partial charge in [0.05, 0.1) is 0 Å². The Morgan fingerprint density at radius 3 is 2.42 bits per heavy atom. The van der Waals surface area contributed by atoms with Gasteiger partial charge < -0.3 is 9.80 Å². The smallest absolute Gasteiger partial charge is 0.246 e. The van der Waals surface area contributed by atoms with Gasteiger partial charge in [-0.1, -0.05) is 19.1 Å². The first-order chi connectivity index (χ1) is 9.19. The molecule has 0 bridgehead atoms. The maximum atomic E-state index is 12.7. The lowest BCUT2D eigenvalue weighted by atomic mass is 10.2. The number of nitrogens with zero attached hydrogens (tertiary/aromatic N) is 2. The third kappa shape index (κ3) is 3.89. The second-order valence-electron chi connectivity index (χ2n) is 4.64. The Labute approximate surface area is 113 Å². The molecule has 2 rings (SSSR count). The molecule has 3 nitrogen and oxygen atoms in total. The van der Waals surface area contributed by atoms with E-state index in [1.54, 1.807) is 24.3 Å². The number of carbonyl (C=O) groups excluding carboxylic acids is 1. The van der Waals surface area contributed by atoms with E-state index in [-0.39, 0.29) is 11.7 Å². The lowest BCUT2D eigenvalue weighted by Crippen LogP contribution is -2.48. The highest BCUT2D eigenvalue weighted by atomic mass is 19.1. The summed E-state index contributed by atoms with van der Waals surface area (Å²) in [4.78, 5) is 16.2. The summed E-state index contributed by atoms with van der Waals surface area (Å²) >= 11 is 0. The van der Waals surface area contributed by atoms with E-state index in [9.17, 15) is 9.18 Å². The van der Waals surface area contributed by atoms with Gasteiger partial charge in [-0.2, -0.15) is 0 Å². The van der Waals surface area contributed by atoms with E-state index in [1.807, 2.05) is 4.90 Å². The number of hydrogen-bond donors (Lipinski definition) is 0. The summed E-state index contributed by atoms with van der Waals surface area (Å²) in [5.74, 6) is -0.237. The number of piperazine rings is 1. The van der Waals surface area contributed by atoms with Gasteiger partial charge in [0, 0.05) is 32.3 Å². The van der Waals surface area contributed by atoms with Crippen molar-refractivity contribution < 1.29 is 9.18 Å². The number of carbonyl (C=O) groups is 1. The van der Waals surface area contributed by atoms with Crippen LogP contribution >= 0.6 is 0 Å². The Kier molecular flexibility index (Phi) is 4.68. The summed E-state index contributed by atoms with van der Waals surface area (Å²) in [5, 5.41) is 0. The van der Waals surface area contributed by atoms with E-state index in [0.29, 0.717) is 0 Å². The quantitative estimate of drug-likeness (QED) is 0.778. The van der Waals surface area contributed by atoms with Crippen LogP contribution in [0.3, 0.4) is 0 Å². The lowest BCUT2D eigenvalue weighted by molar-refractivity contribution is -0.127. The molecule has 0 saturated carbocycles. The number of amides is 1. The highest BCUT2D eigenvalue weighted by Gasteiger charge is 2.17. The molecule has 1 fully saturated rings. The highest BCUT2D eigenvalue weighted by Crippen LogP contribution is 2.07. The minimum absolute atomic E-state index is 0.0279. The maximum absolute atomic E-state index is 12.7. The van der Waals surface area contributed by atoms with Crippen LogP contribution in [0.1, 0.15) is 12.5 Å². The molecule has 0 spiro atoms. The van der Waals surface area contributed by atoms with E-state index < -0.39 is 0 Å². The third-order valence-electron chi connectivity index (χ3n) is 3.42. The Morgan fingerprint density at radius 2 is 1.84 bits per heavy atom. The van der Waals surface area contributed by atoms with Gasteiger partial charge in [0.25, 0.3) is 0 Å². The molecule has 0 N–H and O–H groups in total. The molecule has 0 unspecified atom stereocenters. The molecule has 102 valence electrons. The van der Waals surface area contributed by atoms with E-state index >= 15 is 0 Å². The van der Waals surface area contributed by atoms with Crippen LogP contribution in [0.5, 0.6) is 0 Å². The predicted molar refractivity (Wildman–Crippen MR) is 74.1 cm³/mol. The van der Waals surface area contributed by atoms with Gasteiger partial charge in [0.15, 0.2) is 0 Å². The first-order valence-corrected chi connectivity index (χ1v) is 6.64. The number of hydrogen-bond acceptors (Lipinski definition) is 2. The van der Waals surface area contributed by atoms with Gasteiger partial charge in [-0.25, -0.2) is 4.39 Å². The molecule has 1 aliphatic heterocycles. The Morgan fingerprint density at radius 1 is 1.21 bits per heavy atom. The molecule has 19 heavy (non-hydrogen) atoms. The summed E-state index contributed by atoms with van der Waals surface area (Å²) in [6.07, 6.45) is 3.29. The standard InChI is InChI=1S/C15H19FN2O/c1-2-17-9-11-18(12-10-17)15(19)8-5-13-3-6-14(16)7-4-13/h3-8H,2,9-12H2,1H3/b8-5+. The van der Waals surface area contributed by atoms with Crippen molar-refractivity contribution in [3.63, 3.8) is 0 Å². The monoisotopic (exact) mass is 262 g/mol. The zero-order chi connectivity index (χ0) is 13.7. The Bertz CT molecular complexity index is 448. The minimum Gasteiger partial charge on any atom is -0.337 e.